The van der Waals surface area contributed by atoms with Crippen molar-refractivity contribution in [3.63, 3.8) is 0 Å². The van der Waals surface area contributed by atoms with Crippen LogP contribution in [0.5, 0.6) is 0 Å². The highest BCUT2D eigenvalue weighted by molar-refractivity contribution is 7.48. The van der Waals surface area contributed by atoms with Gasteiger partial charge in [-0.3, -0.25) is 27.9 Å². The maximum atomic E-state index is 13.2. The molecule has 188 valence electrons. The maximum absolute atomic E-state index is 13.2. The van der Waals surface area contributed by atoms with Crippen LogP contribution in [0.15, 0.2) is 45.2 Å². The molecule has 2 unspecified atom stereocenters. The Morgan fingerprint density at radius 3 is 2.83 bits per heavy atom. The molecule has 0 aliphatic carbocycles. The maximum Gasteiger partial charge on any atom is 0.475 e. The largest absolute Gasteiger partial charge is 0.475 e. The molecule has 3 N–H and O–H groups in total. The van der Waals surface area contributed by atoms with Gasteiger partial charge >= 0.3 is 13.5 Å². The number of aromatic nitrogens is 2. The van der Waals surface area contributed by atoms with Crippen LogP contribution in [0, 0.1) is 0 Å². The Bertz CT molecular complexity index is 1330. The number of hydrogen-bond acceptors (Lipinski definition) is 10. The average Bonchev–Trinajstić information content (AvgIpc) is 3.05. The van der Waals surface area contributed by atoms with E-state index in [9.17, 15) is 24.4 Å². The Kier molecular flexibility index (Phi) is 7.41. The summed E-state index contributed by atoms with van der Waals surface area (Å²) in [4.78, 5) is 28.0. The molecule has 14 nitrogen and oxygen atoms in total. The first kappa shape index (κ1) is 25.9. The molecule has 2 saturated heterocycles. The number of phosphoric acid groups is 1. The van der Waals surface area contributed by atoms with Gasteiger partial charge in [-0.1, -0.05) is 28.3 Å². The number of rotatable bonds is 6. The minimum absolute atomic E-state index is 0.0548. The van der Waals surface area contributed by atoms with Crippen LogP contribution in [-0.2, 0) is 22.9 Å². The summed E-state index contributed by atoms with van der Waals surface area (Å²) in [6.45, 7) is -0.947. The molecule has 4 rings (SSSR count). The fourth-order valence-electron chi connectivity index (χ4n) is 3.65. The molecule has 0 radical (unpaired) electrons. The normalized spacial score (nSPS) is 32.8. The van der Waals surface area contributed by atoms with Gasteiger partial charge in [-0.25, -0.2) is 9.36 Å². The van der Waals surface area contributed by atoms with Gasteiger partial charge in [0.25, 0.3) is 5.56 Å². The zero-order chi connectivity index (χ0) is 25.4. The Hall–Kier alpha value is -2.22. The predicted octanol–water partition coefficient (Wildman–Crippen LogP) is 2.40. The van der Waals surface area contributed by atoms with Crippen LogP contribution in [0.3, 0.4) is 0 Å². The Morgan fingerprint density at radius 2 is 2.11 bits per heavy atom. The number of aliphatic hydroxyl groups excluding tert-OH is 2. The van der Waals surface area contributed by atoms with E-state index in [1.165, 1.54) is 0 Å². The van der Waals surface area contributed by atoms with E-state index < -0.39 is 55.9 Å². The zero-order valence-electron chi connectivity index (χ0n) is 17.6. The average molecular weight is 550 g/mol. The van der Waals surface area contributed by atoms with Crippen molar-refractivity contribution >= 4 is 31.0 Å². The highest BCUT2D eigenvalue weighted by atomic mass is 35.5. The second kappa shape index (κ2) is 10.0. The van der Waals surface area contributed by atoms with Gasteiger partial charge in [0, 0.05) is 39.2 Å². The van der Waals surface area contributed by atoms with Crippen LogP contribution in [0.4, 0.5) is 0 Å². The van der Waals surface area contributed by atoms with Crippen molar-refractivity contribution in [1.82, 2.24) is 9.55 Å². The van der Waals surface area contributed by atoms with Crippen LogP contribution in [0.1, 0.15) is 24.3 Å². The highest BCUT2D eigenvalue weighted by Gasteiger charge is 2.56. The summed E-state index contributed by atoms with van der Waals surface area (Å²) in [6, 6.07) is 5.64. The number of nitrogens with one attached hydrogen (secondary N) is 1. The minimum Gasteiger partial charge on any atom is -0.387 e. The number of H-pyrrole nitrogens is 1. The van der Waals surface area contributed by atoms with E-state index in [2.05, 4.69) is 10.0 Å². The SMILES string of the molecule is [N-]=[N+]=N[C@]1(COP2(=O)OCC[C@@H](c3cc(Cl)ccc3Cl)O2)OC(n2ccc(=O)[nH]c2=O)[C@H](O)[C@@H]1O. The molecule has 3 heterocycles. The first-order chi connectivity index (χ1) is 16.6. The quantitative estimate of drug-likeness (QED) is 0.209. The lowest BCUT2D eigenvalue weighted by Crippen LogP contribution is -2.45. The number of nitrogens with zero attached hydrogens (tertiary/aromatic N) is 4. The van der Waals surface area contributed by atoms with Gasteiger partial charge in [-0.15, -0.1) is 0 Å². The monoisotopic (exact) mass is 549 g/mol. The van der Waals surface area contributed by atoms with Gasteiger partial charge in [0.15, 0.2) is 6.23 Å². The first-order valence-electron chi connectivity index (χ1n) is 10.0. The van der Waals surface area contributed by atoms with Crippen molar-refractivity contribution < 1.29 is 33.1 Å². The minimum atomic E-state index is -4.32. The number of azide groups is 1. The lowest BCUT2D eigenvalue weighted by atomic mass is 10.1. The smallest absolute Gasteiger partial charge is 0.387 e. The van der Waals surface area contributed by atoms with Gasteiger partial charge in [-0.2, -0.15) is 0 Å². The van der Waals surface area contributed by atoms with E-state index >= 15 is 0 Å². The standard InChI is InChI=1S/C18H18Cl2N5O9P/c19-9-1-2-11(20)10(7-9)12-4-6-31-35(30,34-12)32-8-18(23-24-21)15(28)14(27)16(33-18)25-5-3-13(26)22-17(25)29/h1-3,5,7,12,14-16,27-28H,4,6,8H2,(H,22,26,29)/t12-,14+,15-,16?,18+,35?/m0/s1. The number of aliphatic hydroxyl groups is 2. The molecule has 0 spiro atoms. The Balaban J connectivity index is 1.57. The third kappa shape index (κ3) is 5.18. The summed E-state index contributed by atoms with van der Waals surface area (Å²) in [7, 11) is -4.32. The Morgan fingerprint density at radius 1 is 1.34 bits per heavy atom. The van der Waals surface area contributed by atoms with Gasteiger partial charge in [0.05, 0.1) is 19.3 Å². The topological polar surface area (TPSA) is 198 Å². The van der Waals surface area contributed by atoms with Gasteiger partial charge in [-0.05, 0) is 23.7 Å². The summed E-state index contributed by atoms with van der Waals surface area (Å²) < 4.78 is 35.5. The fourth-order valence-corrected chi connectivity index (χ4v) is 5.47. The van der Waals surface area contributed by atoms with Crippen molar-refractivity contribution in [2.45, 2.75) is 36.7 Å². The first-order valence-corrected chi connectivity index (χ1v) is 12.2. The molecule has 6 atom stereocenters. The fraction of sp³-hybridized carbons (Fsp3) is 0.444. The number of hydrogen-bond donors (Lipinski definition) is 3. The predicted molar refractivity (Wildman–Crippen MR) is 120 cm³/mol. The van der Waals surface area contributed by atoms with E-state index in [1.807, 2.05) is 4.98 Å². The molecule has 2 aliphatic rings. The van der Waals surface area contributed by atoms with Crippen LogP contribution in [-0.4, -0.2) is 50.9 Å². The zero-order valence-corrected chi connectivity index (χ0v) is 20.0. The molecule has 17 heteroatoms. The van der Waals surface area contributed by atoms with E-state index in [0.29, 0.717) is 15.6 Å². The molecule has 2 aromatic rings. The van der Waals surface area contributed by atoms with Gasteiger partial charge < -0.3 is 14.9 Å². The highest BCUT2D eigenvalue weighted by Crippen LogP contribution is 2.58. The molecule has 0 amide bonds. The Labute approximate surface area is 206 Å². The van der Waals surface area contributed by atoms with Crippen molar-refractivity contribution in [2.24, 2.45) is 5.11 Å². The van der Waals surface area contributed by atoms with E-state index in [-0.39, 0.29) is 13.0 Å². The molecule has 35 heavy (non-hydrogen) atoms. The van der Waals surface area contributed by atoms with Crippen LogP contribution in [0.25, 0.3) is 10.4 Å². The molecule has 0 bridgehead atoms. The van der Waals surface area contributed by atoms with Crippen molar-refractivity contribution in [2.75, 3.05) is 13.2 Å². The third-order valence-corrected chi connectivity index (χ3v) is 7.40. The van der Waals surface area contributed by atoms with E-state index in [4.69, 9.17) is 47.0 Å². The summed E-state index contributed by atoms with van der Waals surface area (Å²) >= 11 is 12.2. The molecule has 0 saturated carbocycles. The number of phosphoric ester groups is 1. The van der Waals surface area contributed by atoms with Crippen molar-refractivity contribution in [3.8, 4) is 0 Å². The lowest BCUT2D eigenvalue weighted by Gasteiger charge is -2.32. The number of benzene rings is 1. The van der Waals surface area contributed by atoms with Gasteiger partial charge in [0.1, 0.15) is 12.2 Å². The molecular weight excluding hydrogens is 532 g/mol. The van der Waals surface area contributed by atoms with Crippen LogP contribution >= 0.6 is 31.0 Å². The molecule has 1 aromatic heterocycles. The summed E-state index contributed by atoms with van der Waals surface area (Å²) in [6.07, 6.45) is -4.86. The molecular formula is C18H18Cl2N5O9P. The second-order valence-corrected chi connectivity index (χ2v) is 10.1. The van der Waals surface area contributed by atoms with Crippen LogP contribution < -0.4 is 11.2 Å². The molecule has 1 aromatic carbocycles. The number of ether oxygens (including phenoxy) is 1. The lowest BCUT2D eigenvalue weighted by molar-refractivity contribution is -0.127. The van der Waals surface area contributed by atoms with Crippen molar-refractivity contribution in [1.29, 1.82) is 0 Å². The van der Waals surface area contributed by atoms with Gasteiger partial charge in [0.2, 0.25) is 5.72 Å². The number of halogens is 2. The third-order valence-electron chi connectivity index (χ3n) is 5.36. The number of aromatic amines is 1. The van der Waals surface area contributed by atoms with E-state index in [1.54, 1.807) is 18.2 Å². The van der Waals surface area contributed by atoms with Crippen LogP contribution in [0.2, 0.25) is 10.0 Å². The molecule has 2 fully saturated rings. The van der Waals surface area contributed by atoms with E-state index in [0.717, 1.165) is 16.8 Å². The second-order valence-electron chi connectivity index (χ2n) is 7.60. The van der Waals surface area contributed by atoms with Crippen molar-refractivity contribution in [3.05, 3.63) is 77.4 Å². The summed E-state index contributed by atoms with van der Waals surface area (Å²) in [5.41, 5.74) is 5.49. The molecule has 2 aliphatic heterocycles. The summed E-state index contributed by atoms with van der Waals surface area (Å²) in [5.74, 6) is 0. The summed E-state index contributed by atoms with van der Waals surface area (Å²) in [5, 5.41) is 25.2.